The number of halogens is 3. The van der Waals surface area contributed by atoms with Crippen LogP contribution in [0.15, 0.2) is 11.0 Å². The van der Waals surface area contributed by atoms with Crippen LogP contribution in [0, 0.1) is 13.8 Å². The van der Waals surface area contributed by atoms with Gasteiger partial charge in [-0.25, -0.2) is 8.42 Å². The van der Waals surface area contributed by atoms with Crippen LogP contribution in [-0.4, -0.2) is 8.42 Å². The lowest BCUT2D eigenvalue weighted by Crippen LogP contribution is -1.98. The van der Waals surface area contributed by atoms with Gasteiger partial charge in [-0.2, -0.15) is 0 Å². The molecule has 0 amide bonds. The van der Waals surface area contributed by atoms with Crippen molar-refractivity contribution in [3.63, 3.8) is 0 Å². The summed E-state index contributed by atoms with van der Waals surface area (Å²) in [5, 5.41) is 0.466. The molecule has 1 aromatic carbocycles. The van der Waals surface area contributed by atoms with Crippen LogP contribution in [0.3, 0.4) is 0 Å². The van der Waals surface area contributed by atoms with Gasteiger partial charge >= 0.3 is 0 Å². The van der Waals surface area contributed by atoms with E-state index < -0.39 is 9.05 Å². The summed E-state index contributed by atoms with van der Waals surface area (Å²) in [6.07, 6.45) is 0. The smallest absolute Gasteiger partial charge is 0.207 e. The average Bonchev–Trinajstić information content (AvgIpc) is 1.98. The van der Waals surface area contributed by atoms with Gasteiger partial charge in [0.15, 0.2) is 0 Å². The Morgan fingerprint density at radius 1 is 1.21 bits per heavy atom. The highest BCUT2D eigenvalue weighted by Crippen LogP contribution is 2.34. The molecule has 0 saturated heterocycles. The molecule has 14 heavy (non-hydrogen) atoms. The van der Waals surface area contributed by atoms with E-state index in [9.17, 15) is 8.42 Å². The number of aryl methyl sites for hydroxylation is 1. The van der Waals surface area contributed by atoms with Crippen LogP contribution in [0.1, 0.15) is 11.1 Å². The molecule has 1 aromatic rings. The van der Waals surface area contributed by atoms with Crippen molar-refractivity contribution < 1.29 is 8.42 Å². The van der Waals surface area contributed by atoms with Gasteiger partial charge in [0.1, 0.15) is 4.90 Å². The molecule has 0 unspecified atom stereocenters. The third-order valence-electron chi connectivity index (χ3n) is 1.83. The fourth-order valence-electron chi connectivity index (χ4n) is 1.10. The minimum absolute atomic E-state index is 0.106. The van der Waals surface area contributed by atoms with Crippen LogP contribution in [0.2, 0.25) is 10.0 Å². The average molecular weight is 274 g/mol. The molecule has 0 bridgehead atoms. The van der Waals surface area contributed by atoms with Crippen molar-refractivity contribution >= 4 is 42.9 Å². The molecule has 0 aromatic heterocycles. The molecule has 0 spiro atoms. The molecule has 0 atom stereocenters. The Balaban J connectivity index is 3.74. The van der Waals surface area contributed by atoms with Crippen LogP contribution in [0.25, 0.3) is 0 Å². The maximum Gasteiger partial charge on any atom is 0.263 e. The van der Waals surface area contributed by atoms with Gasteiger partial charge in [0.2, 0.25) is 0 Å². The second kappa shape index (κ2) is 3.89. The molecule has 6 heteroatoms. The van der Waals surface area contributed by atoms with Crippen molar-refractivity contribution in [2.24, 2.45) is 0 Å². The van der Waals surface area contributed by atoms with E-state index in [0.717, 1.165) is 0 Å². The minimum atomic E-state index is -3.85. The first-order valence-corrected chi connectivity index (χ1v) is 6.71. The van der Waals surface area contributed by atoms with Crippen molar-refractivity contribution in [2.75, 3.05) is 0 Å². The summed E-state index contributed by atoms with van der Waals surface area (Å²) in [4.78, 5) is -0.106. The molecule has 2 nitrogen and oxygen atoms in total. The van der Waals surface area contributed by atoms with Crippen LogP contribution in [-0.2, 0) is 9.05 Å². The second-order valence-electron chi connectivity index (χ2n) is 2.88. The molecule has 0 aliphatic heterocycles. The van der Waals surface area contributed by atoms with Crippen LogP contribution in [0.5, 0.6) is 0 Å². The van der Waals surface area contributed by atoms with Gasteiger partial charge in [0.05, 0.1) is 5.02 Å². The standard InChI is InChI=1S/C8H7Cl3O2S/c1-4-3-6(9)5(2)8(7(4)10)14(11,12)13/h3H,1-2H3. The van der Waals surface area contributed by atoms with Gasteiger partial charge in [-0.1, -0.05) is 23.2 Å². The van der Waals surface area contributed by atoms with Crippen LogP contribution >= 0.6 is 33.9 Å². The Morgan fingerprint density at radius 2 is 1.71 bits per heavy atom. The van der Waals surface area contributed by atoms with Crippen molar-refractivity contribution in [2.45, 2.75) is 18.7 Å². The minimum Gasteiger partial charge on any atom is -0.207 e. The number of hydrogen-bond acceptors (Lipinski definition) is 2. The number of hydrogen-bond donors (Lipinski definition) is 0. The Kier molecular flexibility index (Phi) is 3.37. The maximum absolute atomic E-state index is 11.2. The molecule has 0 aliphatic carbocycles. The van der Waals surface area contributed by atoms with E-state index in [2.05, 4.69) is 0 Å². The molecular formula is C8H7Cl3O2S. The first-order chi connectivity index (χ1) is 6.25. The first kappa shape index (κ1) is 12.1. The SMILES string of the molecule is Cc1cc(Cl)c(C)c(S(=O)(=O)Cl)c1Cl. The predicted molar refractivity (Wildman–Crippen MR) is 59.0 cm³/mol. The van der Waals surface area contributed by atoms with Crippen molar-refractivity contribution in [1.82, 2.24) is 0 Å². The Bertz CT molecular complexity index is 454. The van der Waals surface area contributed by atoms with E-state index >= 15 is 0 Å². The molecule has 0 saturated carbocycles. The van der Waals surface area contributed by atoms with Crippen molar-refractivity contribution in [3.8, 4) is 0 Å². The van der Waals surface area contributed by atoms with Gasteiger partial charge < -0.3 is 0 Å². The number of benzene rings is 1. The van der Waals surface area contributed by atoms with E-state index in [4.69, 9.17) is 33.9 Å². The molecule has 0 heterocycles. The van der Waals surface area contributed by atoms with Crippen LogP contribution < -0.4 is 0 Å². The fraction of sp³-hybridized carbons (Fsp3) is 0.250. The fourth-order valence-corrected chi connectivity index (χ4v) is 3.47. The van der Waals surface area contributed by atoms with Crippen LogP contribution in [0.4, 0.5) is 0 Å². The van der Waals surface area contributed by atoms with Crippen molar-refractivity contribution in [1.29, 1.82) is 0 Å². The Labute approximate surface area is 97.2 Å². The zero-order chi connectivity index (χ0) is 11.1. The molecule has 0 N–H and O–H groups in total. The zero-order valence-electron chi connectivity index (χ0n) is 7.44. The largest absolute Gasteiger partial charge is 0.263 e. The van der Waals surface area contributed by atoms with Gasteiger partial charge in [-0.3, -0.25) is 0 Å². The highest BCUT2D eigenvalue weighted by Gasteiger charge is 2.21. The summed E-state index contributed by atoms with van der Waals surface area (Å²) in [6.45, 7) is 3.22. The van der Waals surface area contributed by atoms with E-state index in [-0.39, 0.29) is 9.92 Å². The van der Waals surface area contributed by atoms with Gasteiger partial charge in [0.25, 0.3) is 9.05 Å². The third kappa shape index (κ3) is 2.16. The summed E-state index contributed by atoms with van der Waals surface area (Å²) >= 11 is 11.6. The third-order valence-corrected chi connectivity index (χ3v) is 4.28. The number of rotatable bonds is 1. The lowest BCUT2D eigenvalue weighted by Gasteiger charge is -2.09. The molecular weight excluding hydrogens is 267 g/mol. The Morgan fingerprint density at radius 3 is 2.14 bits per heavy atom. The molecule has 78 valence electrons. The van der Waals surface area contributed by atoms with Gasteiger partial charge in [-0.05, 0) is 31.0 Å². The van der Waals surface area contributed by atoms with Gasteiger partial charge in [0, 0.05) is 15.7 Å². The summed E-state index contributed by atoms with van der Waals surface area (Å²) in [5.74, 6) is 0. The van der Waals surface area contributed by atoms with E-state index in [1.165, 1.54) is 0 Å². The zero-order valence-corrected chi connectivity index (χ0v) is 10.5. The summed E-state index contributed by atoms with van der Waals surface area (Å²) in [5.41, 5.74) is 0.957. The summed E-state index contributed by atoms with van der Waals surface area (Å²) in [7, 11) is 1.39. The van der Waals surface area contributed by atoms with Crippen molar-refractivity contribution in [3.05, 3.63) is 27.2 Å². The quantitative estimate of drug-likeness (QED) is 0.734. The van der Waals surface area contributed by atoms with E-state index in [0.29, 0.717) is 16.1 Å². The maximum atomic E-state index is 11.2. The first-order valence-electron chi connectivity index (χ1n) is 3.65. The lowest BCUT2D eigenvalue weighted by atomic mass is 10.2. The topological polar surface area (TPSA) is 34.1 Å². The summed E-state index contributed by atoms with van der Waals surface area (Å²) < 4.78 is 22.4. The summed E-state index contributed by atoms with van der Waals surface area (Å²) in [6, 6.07) is 1.60. The van der Waals surface area contributed by atoms with E-state index in [1.807, 2.05) is 0 Å². The normalized spacial score (nSPS) is 11.8. The highest BCUT2D eigenvalue weighted by atomic mass is 35.7. The second-order valence-corrected chi connectivity index (χ2v) is 6.17. The molecule has 0 radical (unpaired) electrons. The predicted octanol–water partition coefficient (Wildman–Crippen LogP) is 3.54. The monoisotopic (exact) mass is 272 g/mol. The highest BCUT2D eigenvalue weighted by molar-refractivity contribution is 8.13. The molecule has 0 aliphatic rings. The molecule has 1 rings (SSSR count). The lowest BCUT2D eigenvalue weighted by molar-refractivity contribution is 0.609. The Hall–Kier alpha value is 0.0400. The van der Waals surface area contributed by atoms with Gasteiger partial charge in [-0.15, -0.1) is 0 Å². The van der Waals surface area contributed by atoms with E-state index in [1.54, 1.807) is 19.9 Å². The molecule has 0 fully saturated rings.